The summed E-state index contributed by atoms with van der Waals surface area (Å²) in [5.41, 5.74) is 0.540. The topological polar surface area (TPSA) is 25.2 Å². The molecule has 0 atom stereocenters. The van der Waals surface area contributed by atoms with Crippen molar-refractivity contribution in [2.75, 3.05) is 6.54 Å². The number of furan rings is 1. The summed E-state index contributed by atoms with van der Waals surface area (Å²) in [6.07, 6.45) is 6.93. The number of nitrogens with one attached hydrogen (secondary N) is 1. The van der Waals surface area contributed by atoms with Crippen LogP contribution in [-0.2, 0) is 6.54 Å². The first-order valence-corrected chi connectivity index (χ1v) is 7.84. The number of halogens is 1. The highest BCUT2D eigenvalue weighted by Gasteiger charge is 2.33. The zero-order valence-corrected chi connectivity index (χ0v) is 13.1. The summed E-state index contributed by atoms with van der Waals surface area (Å²) in [6, 6.07) is 3.98. The van der Waals surface area contributed by atoms with Crippen molar-refractivity contribution in [1.29, 1.82) is 0 Å². The van der Waals surface area contributed by atoms with E-state index in [9.17, 15) is 0 Å². The second-order valence-electron chi connectivity index (χ2n) is 6.11. The van der Waals surface area contributed by atoms with Gasteiger partial charge in [-0.2, -0.15) is 0 Å². The maximum atomic E-state index is 5.52. The molecule has 1 aromatic heterocycles. The van der Waals surface area contributed by atoms with E-state index in [-0.39, 0.29) is 0 Å². The summed E-state index contributed by atoms with van der Waals surface area (Å²) in [6.45, 7) is 6.64. The van der Waals surface area contributed by atoms with E-state index in [1.165, 1.54) is 32.1 Å². The minimum Gasteiger partial charge on any atom is -0.453 e. The Morgan fingerprint density at radius 3 is 2.61 bits per heavy atom. The Kier molecular flexibility index (Phi) is 4.91. The van der Waals surface area contributed by atoms with E-state index in [2.05, 4.69) is 35.1 Å². The summed E-state index contributed by atoms with van der Waals surface area (Å²) in [7, 11) is 0. The summed E-state index contributed by atoms with van der Waals surface area (Å²) < 4.78 is 6.33. The third-order valence-electron chi connectivity index (χ3n) is 3.93. The lowest BCUT2D eigenvalue weighted by atomic mass is 9.78. The lowest BCUT2D eigenvalue weighted by Gasteiger charge is -2.31. The average Bonchev–Trinajstić information content (AvgIpc) is 2.88. The molecule has 0 amide bonds. The highest BCUT2D eigenvalue weighted by atomic mass is 79.9. The maximum Gasteiger partial charge on any atom is 0.169 e. The van der Waals surface area contributed by atoms with E-state index in [4.69, 9.17) is 4.42 Å². The molecule has 0 bridgehead atoms. The molecule has 1 fully saturated rings. The van der Waals surface area contributed by atoms with E-state index < -0.39 is 0 Å². The van der Waals surface area contributed by atoms with Crippen LogP contribution in [0.5, 0.6) is 0 Å². The third kappa shape index (κ3) is 3.86. The van der Waals surface area contributed by atoms with Crippen molar-refractivity contribution in [3.8, 4) is 0 Å². The quantitative estimate of drug-likeness (QED) is 0.820. The number of rotatable bonds is 6. The van der Waals surface area contributed by atoms with E-state index in [0.29, 0.717) is 5.41 Å². The van der Waals surface area contributed by atoms with Gasteiger partial charge in [-0.25, -0.2) is 0 Å². The molecule has 102 valence electrons. The van der Waals surface area contributed by atoms with Crippen LogP contribution in [0.25, 0.3) is 0 Å². The third-order valence-corrected chi connectivity index (χ3v) is 4.36. The lowest BCUT2D eigenvalue weighted by molar-refractivity contribution is 0.221. The standard InChI is InChI=1S/C15H24BrNO/c1-12(2)9-15(7-3-4-8-15)11-17-10-13-5-6-14(16)18-13/h5-6,12,17H,3-4,7-11H2,1-2H3. The van der Waals surface area contributed by atoms with E-state index in [1.807, 2.05) is 12.1 Å². The van der Waals surface area contributed by atoms with Gasteiger partial charge in [0.05, 0.1) is 6.54 Å². The molecule has 1 N–H and O–H groups in total. The molecular weight excluding hydrogens is 290 g/mol. The molecule has 1 heterocycles. The fourth-order valence-electron chi connectivity index (χ4n) is 3.34. The Balaban J connectivity index is 1.82. The maximum absolute atomic E-state index is 5.52. The molecule has 2 rings (SSSR count). The summed E-state index contributed by atoms with van der Waals surface area (Å²) in [5, 5.41) is 3.59. The van der Waals surface area contributed by atoms with Crippen LogP contribution >= 0.6 is 15.9 Å². The highest BCUT2D eigenvalue weighted by Crippen LogP contribution is 2.42. The molecule has 3 heteroatoms. The Morgan fingerprint density at radius 2 is 2.06 bits per heavy atom. The molecule has 1 saturated carbocycles. The molecule has 0 spiro atoms. The molecular formula is C15H24BrNO. The first-order valence-electron chi connectivity index (χ1n) is 7.05. The van der Waals surface area contributed by atoms with Crippen molar-refractivity contribution in [3.63, 3.8) is 0 Å². The average molecular weight is 314 g/mol. The van der Waals surface area contributed by atoms with Gasteiger partial charge in [-0.15, -0.1) is 0 Å². The molecule has 0 aliphatic heterocycles. The van der Waals surface area contributed by atoms with Gasteiger partial charge in [0.2, 0.25) is 0 Å². The van der Waals surface area contributed by atoms with Gasteiger partial charge in [-0.3, -0.25) is 0 Å². The summed E-state index contributed by atoms with van der Waals surface area (Å²) >= 11 is 3.34. The monoisotopic (exact) mass is 313 g/mol. The van der Waals surface area contributed by atoms with Gasteiger partial charge in [0, 0.05) is 6.54 Å². The Morgan fingerprint density at radius 1 is 1.33 bits per heavy atom. The number of hydrogen-bond acceptors (Lipinski definition) is 2. The summed E-state index contributed by atoms with van der Waals surface area (Å²) in [5.74, 6) is 1.81. The molecule has 1 aromatic rings. The summed E-state index contributed by atoms with van der Waals surface area (Å²) in [4.78, 5) is 0. The molecule has 0 unspecified atom stereocenters. The van der Waals surface area contributed by atoms with Crippen LogP contribution in [0.15, 0.2) is 21.2 Å². The Hall–Kier alpha value is -0.280. The van der Waals surface area contributed by atoms with Gasteiger partial charge in [0.15, 0.2) is 4.67 Å². The SMILES string of the molecule is CC(C)CC1(CNCc2ccc(Br)o2)CCCC1. The Labute approximate surface area is 119 Å². The first-order chi connectivity index (χ1) is 8.60. The van der Waals surface area contributed by atoms with E-state index in [0.717, 1.165) is 29.4 Å². The van der Waals surface area contributed by atoms with Crippen LogP contribution in [0.4, 0.5) is 0 Å². The van der Waals surface area contributed by atoms with Crippen LogP contribution in [0.3, 0.4) is 0 Å². The zero-order chi connectivity index (χ0) is 13.0. The number of hydrogen-bond donors (Lipinski definition) is 1. The van der Waals surface area contributed by atoms with Crippen LogP contribution in [0.2, 0.25) is 0 Å². The molecule has 0 saturated heterocycles. The minimum absolute atomic E-state index is 0.540. The fourth-order valence-corrected chi connectivity index (χ4v) is 3.68. The van der Waals surface area contributed by atoms with Crippen molar-refractivity contribution in [1.82, 2.24) is 5.32 Å². The van der Waals surface area contributed by atoms with Crippen LogP contribution < -0.4 is 5.32 Å². The lowest BCUT2D eigenvalue weighted by Crippen LogP contribution is -2.33. The largest absolute Gasteiger partial charge is 0.453 e. The second-order valence-corrected chi connectivity index (χ2v) is 6.90. The van der Waals surface area contributed by atoms with Crippen molar-refractivity contribution in [2.24, 2.45) is 11.3 Å². The highest BCUT2D eigenvalue weighted by molar-refractivity contribution is 9.10. The predicted molar refractivity (Wildman–Crippen MR) is 78.5 cm³/mol. The van der Waals surface area contributed by atoms with Gasteiger partial charge in [0.25, 0.3) is 0 Å². The second kappa shape index (κ2) is 6.25. The van der Waals surface area contributed by atoms with Gasteiger partial charge in [0.1, 0.15) is 5.76 Å². The van der Waals surface area contributed by atoms with Crippen LogP contribution in [0, 0.1) is 11.3 Å². The molecule has 18 heavy (non-hydrogen) atoms. The van der Waals surface area contributed by atoms with Crippen molar-refractivity contribution < 1.29 is 4.42 Å². The van der Waals surface area contributed by atoms with Crippen LogP contribution in [0.1, 0.15) is 51.7 Å². The van der Waals surface area contributed by atoms with Crippen molar-refractivity contribution in [3.05, 3.63) is 22.6 Å². The molecule has 1 aliphatic carbocycles. The molecule has 2 nitrogen and oxygen atoms in total. The first kappa shape index (κ1) is 14.1. The van der Waals surface area contributed by atoms with Crippen molar-refractivity contribution in [2.45, 2.75) is 52.5 Å². The zero-order valence-electron chi connectivity index (χ0n) is 11.5. The van der Waals surface area contributed by atoms with E-state index in [1.54, 1.807) is 0 Å². The molecule has 0 aromatic carbocycles. The molecule has 1 aliphatic rings. The van der Waals surface area contributed by atoms with Gasteiger partial charge in [-0.05, 0) is 58.7 Å². The van der Waals surface area contributed by atoms with Gasteiger partial charge >= 0.3 is 0 Å². The van der Waals surface area contributed by atoms with Crippen molar-refractivity contribution >= 4 is 15.9 Å². The van der Waals surface area contributed by atoms with Crippen LogP contribution in [-0.4, -0.2) is 6.54 Å². The molecule has 0 radical (unpaired) electrons. The van der Waals surface area contributed by atoms with Gasteiger partial charge < -0.3 is 9.73 Å². The van der Waals surface area contributed by atoms with E-state index >= 15 is 0 Å². The fraction of sp³-hybridized carbons (Fsp3) is 0.733. The Bertz CT molecular complexity index is 366. The minimum atomic E-state index is 0.540. The van der Waals surface area contributed by atoms with Gasteiger partial charge in [-0.1, -0.05) is 26.7 Å². The smallest absolute Gasteiger partial charge is 0.169 e. The predicted octanol–water partition coefficient (Wildman–Crippen LogP) is 4.74. The normalized spacial score (nSPS) is 18.7.